The summed E-state index contributed by atoms with van der Waals surface area (Å²) < 4.78 is 0. The SMILES string of the molecule is CCNc1ccc(Cl)cc1C(=O)NCCCCN(C)C. The summed E-state index contributed by atoms with van der Waals surface area (Å²) in [6, 6.07) is 5.33. The van der Waals surface area contributed by atoms with Gasteiger partial charge in [0.05, 0.1) is 5.56 Å². The molecule has 0 aliphatic heterocycles. The highest BCUT2D eigenvalue weighted by atomic mass is 35.5. The molecule has 20 heavy (non-hydrogen) atoms. The maximum atomic E-state index is 12.2. The molecule has 0 unspecified atom stereocenters. The summed E-state index contributed by atoms with van der Waals surface area (Å²) in [6.07, 6.45) is 2.05. The third kappa shape index (κ3) is 5.80. The number of rotatable bonds is 8. The van der Waals surface area contributed by atoms with Crippen molar-refractivity contribution in [3.8, 4) is 0 Å². The van der Waals surface area contributed by atoms with Crippen LogP contribution >= 0.6 is 11.6 Å². The second kappa shape index (κ2) is 8.82. The van der Waals surface area contributed by atoms with Crippen molar-refractivity contribution in [2.24, 2.45) is 0 Å². The number of hydrogen-bond donors (Lipinski definition) is 2. The molecule has 0 saturated heterocycles. The largest absolute Gasteiger partial charge is 0.385 e. The zero-order valence-corrected chi connectivity index (χ0v) is 13.3. The summed E-state index contributed by atoms with van der Waals surface area (Å²) in [7, 11) is 4.10. The zero-order chi connectivity index (χ0) is 15.0. The molecule has 0 aliphatic rings. The summed E-state index contributed by atoms with van der Waals surface area (Å²) >= 11 is 5.97. The van der Waals surface area contributed by atoms with Crippen LogP contribution in [0.25, 0.3) is 0 Å². The number of hydrogen-bond acceptors (Lipinski definition) is 3. The van der Waals surface area contributed by atoms with Gasteiger partial charge in [0.15, 0.2) is 0 Å². The molecule has 0 saturated carbocycles. The van der Waals surface area contributed by atoms with Crippen LogP contribution in [0, 0.1) is 0 Å². The van der Waals surface area contributed by atoms with Crippen molar-refractivity contribution >= 4 is 23.2 Å². The average Bonchev–Trinajstić information content (AvgIpc) is 2.40. The molecule has 0 aliphatic carbocycles. The Kier molecular flexibility index (Phi) is 7.41. The van der Waals surface area contributed by atoms with E-state index in [0.29, 0.717) is 17.1 Å². The first-order chi connectivity index (χ1) is 9.54. The van der Waals surface area contributed by atoms with Crippen LogP contribution in [0.15, 0.2) is 18.2 Å². The fourth-order valence-corrected chi connectivity index (χ4v) is 2.07. The maximum Gasteiger partial charge on any atom is 0.253 e. The van der Waals surface area contributed by atoms with Gasteiger partial charge in [-0.1, -0.05) is 11.6 Å². The lowest BCUT2D eigenvalue weighted by molar-refractivity contribution is 0.0953. The smallest absolute Gasteiger partial charge is 0.253 e. The standard InChI is InChI=1S/C15H24ClN3O/c1-4-17-14-8-7-12(16)11-13(14)15(20)18-9-5-6-10-19(2)3/h7-8,11,17H,4-6,9-10H2,1-3H3,(H,18,20). The topological polar surface area (TPSA) is 44.4 Å². The highest BCUT2D eigenvalue weighted by molar-refractivity contribution is 6.31. The van der Waals surface area contributed by atoms with Gasteiger partial charge in [-0.2, -0.15) is 0 Å². The Morgan fingerprint density at radius 3 is 2.70 bits per heavy atom. The molecule has 1 aromatic carbocycles. The minimum absolute atomic E-state index is 0.0756. The molecule has 0 heterocycles. The van der Waals surface area contributed by atoms with E-state index < -0.39 is 0 Å². The monoisotopic (exact) mass is 297 g/mol. The number of carbonyl (C=O) groups excluding carboxylic acids is 1. The van der Waals surface area contributed by atoms with Crippen molar-refractivity contribution in [2.45, 2.75) is 19.8 Å². The van der Waals surface area contributed by atoms with Gasteiger partial charge in [-0.3, -0.25) is 4.79 Å². The van der Waals surface area contributed by atoms with Crippen LogP contribution in [0.2, 0.25) is 5.02 Å². The van der Waals surface area contributed by atoms with Gasteiger partial charge in [0.1, 0.15) is 0 Å². The fourth-order valence-electron chi connectivity index (χ4n) is 1.90. The summed E-state index contributed by atoms with van der Waals surface area (Å²) in [6.45, 7) is 4.49. The minimum Gasteiger partial charge on any atom is -0.385 e. The minimum atomic E-state index is -0.0756. The molecular formula is C15H24ClN3O. The summed E-state index contributed by atoms with van der Waals surface area (Å²) in [4.78, 5) is 14.3. The Balaban J connectivity index is 2.52. The van der Waals surface area contributed by atoms with Gasteiger partial charge in [0.25, 0.3) is 5.91 Å². The highest BCUT2D eigenvalue weighted by Crippen LogP contribution is 2.20. The molecule has 0 fully saturated rings. The molecule has 112 valence electrons. The molecule has 0 radical (unpaired) electrons. The lowest BCUT2D eigenvalue weighted by Crippen LogP contribution is -2.26. The quantitative estimate of drug-likeness (QED) is 0.725. The van der Waals surface area contributed by atoms with Gasteiger partial charge >= 0.3 is 0 Å². The van der Waals surface area contributed by atoms with E-state index in [1.807, 2.05) is 27.1 Å². The van der Waals surface area contributed by atoms with Gasteiger partial charge in [0.2, 0.25) is 0 Å². The van der Waals surface area contributed by atoms with Crippen LogP contribution in [-0.4, -0.2) is 44.5 Å². The predicted molar refractivity (Wildman–Crippen MR) is 85.7 cm³/mol. The average molecular weight is 298 g/mol. The molecule has 4 nitrogen and oxygen atoms in total. The van der Waals surface area contributed by atoms with Crippen LogP contribution in [-0.2, 0) is 0 Å². The number of nitrogens with one attached hydrogen (secondary N) is 2. The number of nitrogens with zero attached hydrogens (tertiary/aromatic N) is 1. The first-order valence-corrected chi connectivity index (χ1v) is 7.38. The third-order valence-corrected chi connectivity index (χ3v) is 3.15. The molecule has 0 aromatic heterocycles. The molecule has 0 spiro atoms. The van der Waals surface area contributed by atoms with Crippen molar-refractivity contribution in [1.82, 2.24) is 10.2 Å². The number of unbranched alkanes of at least 4 members (excludes halogenated alkanes) is 1. The van der Waals surface area contributed by atoms with E-state index in [0.717, 1.165) is 31.6 Å². The van der Waals surface area contributed by atoms with Gasteiger partial charge in [-0.15, -0.1) is 0 Å². The second-order valence-electron chi connectivity index (χ2n) is 4.99. The van der Waals surface area contributed by atoms with Crippen LogP contribution in [0.3, 0.4) is 0 Å². The number of amides is 1. The predicted octanol–water partition coefficient (Wildman–Crippen LogP) is 2.84. The van der Waals surface area contributed by atoms with E-state index in [1.165, 1.54) is 0 Å². The second-order valence-corrected chi connectivity index (χ2v) is 5.42. The van der Waals surface area contributed by atoms with Gasteiger partial charge in [-0.25, -0.2) is 0 Å². The van der Waals surface area contributed by atoms with Crippen LogP contribution in [0.5, 0.6) is 0 Å². The van der Waals surface area contributed by atoms with E-state index in [1.54, 1.807) is 12.1 Å². The van der Waals surface area contributed by atoms with Crippen molar-refractivity contribution in [3.05, 3.63) is 28.8 Å². The van der Waals surface area contributed by atoms with Crippen molar-refractivity contribution < 1.29 is 4.79 Å². The third-order valence-electron chi connectivity index (χ3n) is 2.91. The van der Waals surface area contributed by atoms with Crippen molar-refractivity contribution in [2.75, 3.05) is 39.0 Å². The van der Waals surface area contributed by atoms with E-state index in [-0.39, 0.29) is 5.91 Å². The summed E-state index contributed by atoms with van der Waals surface area (Å²) in [5.41, 5.74) is 1.43. The Morgan fingerprint density at radius 2 is 2.05 bits per heavy atom. The zero-order valence-electron chi connectivity index (χ0n) is 12.5. The van der Waals surface area contributed by atoms with E-state index in [4.69, 9.17) is 11.6 Å². The highest BCUT2D eigenvalue weighted by Gasteiger charge is 2.11. The number of anilines is 1. The van der Waals surface area contributed by atoms with Crippen molar-refractivity contribution in [1.29, 1.82) is 0 Å². The fraction of sp³-hybridized carbons (Fsp3) is 0.533. The molecule has 0 bridgehead atoms. The Bertz CT molecular complexity index is 435. The van der Waals surface area contributed by atoms with Crippen LogP contribution < -0.4 is 10.6 Å². The van der Waals surface area contributed by atoms with Crippen LogP contribution in [0.4, 0.5) is 5.69 Å². The lowest BCUT2D eigenvalue weighted by atomic mass is 10.1. The summed E-state index contributed by atoms with van der Waals surface area (Å²) in [5, 5.41) is 6.69. The lowest BCUT2D eigenvalue weighted by Gasteiger charge is -2.12. The number of benzene rings is 1. The van der Waals surface area contributed by atoms with Crippen LogP contribution in [0.1, 0.15) is 30.1 Å². The molecule has 2 N–H and O–H groups in total. The molecule has 1 amide bonds. The molecule has 0 atom stereocenters. The first-order valence-electron chi connectivity index (χ1n) is 7.01. The Morgan fingerprint density at radius 1 is 1.30 bits per heavy atom. The Hall–Kier alpha value is -1.26. The van der Waals surface area contributed by atoms with E-state index in [9.17, 15) is 4.79 Å². The molecule has 1 rings (SSSR count). The van der Waals surface area contributed by atoms with E-state index >= 15 is 0 Å². The van der Waals surface area contributed by atoms with Gasteiger partial charge < -0.3 is 15.5 Å². The first kappa shape index (κ1) is 16.8. The van der Waals surface area contributed by atoms with Gasteiger partial charge in [-0.05, 0) is 58.6 Å². The van der Waals surface area contributed by atoms with Gasteiger partial charge in [0, 0.05) is 23.8 Å². The molecule has 5 heteroatoms. The van der Waals surface area contributed by atoms with E-state index in [2.05, 4.69) is 15.5 Å². The summed E-state index contributed by atoms with van der Waals surface area (Å²) in [5.74, 6) is -0.0756. The van der Waals surface area contributed by atoms with Crippen molar-refractivity contribution in [3.63, 3.8) is 0 Å². The molecular weight excluding hydrogens is 274 g/mol. The Labute approximate surface area is 126 Å². The number of halogens is 1. The molecule has 1 aromatic rings. The number of carbonyl (C=O) groups is 1. The normalized spacial score (nSPS) is 10.7. The maximum absolute atomic E-state index is 12.2.